The van der Waals surface area contributed by atoms with Crippen LogP contribution in [0.5, 0.6) is 11.5 Å². The van der Waals surface area contributed by atoms with Crippen LogP contribution in [0.3, 0.4) is 0 Å². The van der Waals surface area contributed by atoms with Gasteiger partial charge in [-0.15, -0.1) is 13.2 Å². The van der Waals surface area contributed by atoms with Gasteiger partial charge in [-0.05, 0) is 36.4 Å². The van der Waals surface area contributed by atoms with Crippen molar-refractivity contribution in [1.29, 1.82) is 0 Å². The highest BCUT2D eigenvalue weighted by Gasteiger charge is 2.35. The van der Waals surface area contributed by atoms with E-state index in [2.05, 4.69) is 9.72 Å². The molecule has 0 radical (unpaired) electrons. The summed E-state index contributed by atoms with van der Waals surface area (Å²) in [6.45, 7) is 1.44. The fourth-order valence-corrected chi connectivity index (χ4v) is 5.26. The lowest BCUT2D eigenvalue weighted by atomic mass is 10.2. The number of ether oxygens (including phenoxy) is 1. The Hall–Kier alpha value is -4.18. The van der Waals surface area contributed by atoms with Crippen LogP contribution in [-0.4, -0.2) is 38.9 Å². The van der Waals surface area contributed by atoms with E-state index in [4.69, 9.17) is 8.60 Å². The van der Waals surface area contributed by atoms with E-state index in [0.717, 1.165) is 42.5 Å². The molecule has 0 saturated carbocycles. The number of alkyl halides is 3. The van der Waals surface area contributed by atoms with E-state index >= 15 is 0 Å². The first-order valence-corrected chi connectivity index (χ1v) is 13.5. The maximum atomic E-state index is 12.9. The van der Waals surface area contributed by atoms with Crippen molar-refractivity contribution in [2.75, 3.05) is 5.75 Å². The van der Waals surface area contributed by atoms with Gasteiger partial charge < -0.3 is 13.3 Å². The Labute approximate surface area is 212 Å². The molecule has 0 fully saturated rings. The molecule has 0 aliphatic carbocycles. The van der Waals surface area contributed by atoms with Crippen LogP contribution in [0.1, 0.15) is 6.92 Å². The molecule has 0 saturated heterocycles. The van der Waals surface area contributed by atoms with Gasteiger partial charge in [0.25, 0.3) is 5.69 Å². The zero-order valence-electron chi connectivity index (χ0n) is 19.0. The summed E-state index contributed by atoms with van der Waals surface area (Å²) in [6, 6.07) is 10.3. The van der Waals surface area contributed by atoms with Crippen LogP contribution in [0.4, 0.5) is 18.9 Å². The van der Waals surface area contributed by atoms with Crippen molar-refractivity contribution >= 4 is 36.7 Å². The van der Waals surface area contributed by atoms with Gasteiger partial charge in [0.15, 0.2) is 26.9 Å². The van der Waals surface area contributed by atoms with E-state index in [0.29, 0.717) is 0 Å². The first-order valence-electron chi connectivity index (χ1n) is 10.4. The normalized spacial score (nSPS) is 12.4. The summed E-state index contributed by atoms with van der Waals surface area (Å²) in [5.74, 6) is -2.19. The van der Waals surface area contributed by atoms with Crippen LogP contribution in [0, 0.1) is 10.1 Å². The number of halogens is 3. The molecule has 0 aliphatic heterocycles. The van der Waals surface area contributed by atoms with Gasteiger partial charge in [0.05, 0.1) is 21.1 Å². The molecule has 0 bridgehead atoms. The average Bonchev–Trinajstić information content (AvgIpc) is 3.26. The Bertz CT molecular complexity index is 1770. The van der Waals surface area contributed by atoms with Gasteiger partial charge in [-0.3, -0.25) is 10.1 Å². The summed E-state index contributed by atoms with van der Waals surface area (Å²) in [4.78, 5) is 13.6. The Morgan fingerprint density at radius 2 is 1.71 bits per heavy atom. The lowest BCUT2D eigenvalue weighted by Crippen LogP contribution is -2.20. The molecule has 4 rings (SSSR count). The highest BCUT2D eigenvalue weighted by molar-refractivity contribution is 7.91. The molecule has 4 aromatic rings. The number of para-hydroxylation sites is 1. The zero-order chi connectivity index (χ0) is 27.9. The van der Waals surface area contributed by atoms with Gasteiger partial charge in [-0.25, -0.2) is 13.4 Å². The van der Waals surface area contributed by atoms with E-state index in [9.17, 15) is 40.1 Å². The fourth-order valence-electron chi connectivity index (χ4n) is 3.28. The lowest BCUT2D eigenvalue weighted by Gasteiger charge is -2.14. The largest absolute Gasteiger partial charge is 0.573 e. The molecule has 0 aliphatic rings. The summed E-state index contributed by atoms with van der Waals surface area (Å²) < 4.78 is 103. The summed E-state index contributed by atoms with van der Waals surface area (Å²) in [5.41, 5.74) is -0.742. The molecule has 0 unspecified atom stereocenters. The molecule has 1 heterocycles. The minimum atomic E-state index is -5.20. The van der Waals surface area contributed by atoms with Gasteiger partial charge in [0.1, 0.15) is 10.4 Å². The maximum Gasteiger partial charge on any atom is 0.573 e. The number of nitrogens with zero attached hydrogens (tertiary/aromatic N) is 2. The average molecular weight is 572 g/mol. The SMILES string of the molecule is CCS(=O)(=O)c1ccc2oc(-c3cc([N+](=O)[O-])ccc3OS(=O)(=O)c3ccccc3OC(F)(F)F)nc2c1. The molecule has 3 aromatic carbocycles. The minimum absolute atomic E-state index is 0.0405. The standard InChI is InChI=1S/C22H15F3N2O9S2/c1-2-37(30,31)14-8-10-18-16(12-14)26-21(34-18)15-11-13(27(28)29)7-9-17(15)36-38(32,33)20-6-4-3-5-19(20)35-22(23,24)25/h3-12H,2H2,1H3. The van der Waals surface area contributed by atoms with Gasteiger partial charge in [0, 0.05) is 12.1 Å². The monoisotopic (exact) mass is 572 g/mol. The van der Waals surface area contributed by atoms with Crippen molar-refractivity contribution < 1.29 is 48.3 Å². The number of oxazole rings is 1. The van der Waals surface area contributed by atoms with Crippen molar-refractivity contribution in [1.82, 2.24) is 4.98 Å². The van der Waals surface area contributed by atoms with Crippen molar-refractivity contribution in [3.8, 4) is 23.0 Å². The second-order valence-corrected chi connectivity index (χ2v) is 11.3. The number of rotatable bonds is 8. The van der Waals surface area contributed by atoms with Gasteiger partial charge >= 0.3 is 16.5 Å². The molecule has 11 nitrogen and oxygen atoms in total. The number of aromatic nitrogens is 1. The third-order valence-corrected chi connectivity index (χ3v) is 8.05. The minimum Gasteiger partial charge on any atom is -0.436 e. The predicted octanol–water partition coefficient (Wildman–Crippen LogP) is 4.86. The van der Waals surface area contributed by atoms with E-state index in [-0.39, 0.29) is 33.2 Å². The smallest absolute Gasteiger partial charge is 0.436 e. The first-order chi connectivity index (χ1) is 17.7. The summed E-state index contributed by atoms with van der Waals surface area (Å²) >= 11 is 0. The number of hydrogen-bond acceptors (Lipinski definition) is 10. The lowest BCUT2D eigenvalue weighted by molar-refractivity contribution is -0.384. The second kappa shape index (κ2) is 9.60. The van der Waals surface area contributed by atoms with Crippen molar-refractivity contribution in [2.45, 2.75) is 23.1 Å². The Balaban J connectivity index is 1.83. The Morgan fingerprint density at radius 1 is 1.00 bits per heavy atom. The third kappa shape index (κ3) is 5.55. The van der Waals surface area contributed by atoms with Crippen LogP contribution in [-0.2, 0) is 20.0 Å². The number of sulfone groups is 1. The van der Waals surface area contributed by atoms with Crippen molar-refractivity contribution in [2.24, 2.45) is 0 Å². The molecule has 0 amide bonds. The van der Waals surface area contributed by atoms with E-state index < -0.39 is 53.3 Å². The summed E-state index contributed by atoms with van der Waals surface area (Å²) in [5, 5.41) is 11.3. The molecule has 0 spiro atoms. The van der Waals surface area contributed by atoms with Crippen LogP contribution < -0.4 is 8.92 Å². The summed E-state index contributed by atoms with van der Waals surface area (Å²) in [7, 11) is -8.59. The molecular formula is C22H15F3N2O9S2. The number of nitro benzene ring substituents is 1. The predicted molar refractivity (Wildman–Crippen MR) is 125 cm³/mol. The topological polar surface area (TPSA) is 156 Å². The quantitative estimate of drug-likeness (QED) is 0.162. The van der Waals surface area contributed by atoms with E-state index in [1.807, 2.05) is 0 Å². The molecule has 0 atom stereocenters. The van der Waals surface area contributed by atoms with Crippen LogP contribution >= 0.6 is 0 Å². The van der Waals surface area contributed by atoms with E-state index in [1.165, 1.54) is 25.1 Å². The van der Waals surface area contributed by atoms with Crippen LogP contribution in [0.15, 0.2) is 74.9 Å². The van der Waals surface area contributed by atoms with Crippen LogP contribution in [0.2, 0.25) is 0 Å². The first kappa shape index (κ1) is 26.9. The number of benzene rings is 3. The number of nitro groups is 1. The fraction of sp³-hybridized carbons (Fsp3) is 0.136. The number of fused-ring (bicyclic) bond motifs is 1. The molecule has 16 heteroatoms. The van der Waals surface area contributed by atoms with E-state index in [1.54, 1.807) is 0 Å². The third-order valence-electron chi connectivity index (χ3n) is 5.05. The molecule has 1 aromatic heterocycles. The van der Waals surface area contributed by atoms with Gasteiger partial charge in [-0.1, -0.05) is 19.1 Å². The summed E-state index contributed by atoms with van der Waals surface area (Å²) in [6.07, 6.45) is -5.20. The number of hydrogen-bond donors (Lipinski definition) is 0. The van der Waals surface area contributed by atoms with Gasteiger partial charge in [0.2, 0.25) is 5.89 Å². The Kier molecular flexibility index (Phi) is 6.79. The molecule has 0 N–H and O–H groups in total. The number of non-ortho nitro benzene ring substituents is 1. The van der Waals surface area contributed by atoms with Crippen molar-refractivity contribution in [3.63, 3.8) is 0 Å². The van der Waals surface area contributed by atoms with Gasteiger partial charge in [-0.2, -0.15) is 8.42 Å². The van der Waals surface area contributed by atoms with Crippen molar-refractivity contribution in [3.05, 3.63) is 70.8 Å². The molecule has 38 heavy (non-hydrogen) atoms. The van der Waals surface area contributed by atoms with Crippen LogP contribution in [0.25, 0.3) is 22.6 Å². The zero-order valence-corrected chi connectivity index (χ0v) is 20.6. The second-order valence-electron chi connectivity index (χ2n) is 7.52. The highest BCUT2D eigenvalue weighted by Crippen LogP contribution is 2.38. The molecule has 200 valence electrons. The maximum absolute atomic E-state index is 12.9. The highest BCUT2D eigenvalue weighted by atomic mass is 32.2. The Morgan fingerprint density at radius 3 is 2.37 bits per heavy atom. The molecular weight excluding hydrogens is 557 g/mol.